The number of benzene rings is 1. The van der Waals surface area contributed by atoms with Gasteiger partial charge in [0.25, 0.3) is 10.1 Å². The van der Waals surface area contributed by atoms with Crippen LogP contribution in [0.5, 0.6) is 11.5 Å². The summed E-state index contributed by atoms with van der Waals surface area (Å²) in [5, 5.41) is 41.5. The van der Waals surface area contributed by atoms with Gasteiger partial charge in [0.2, 0.25) is 0 Å². The van der Waals surface area contributed by atoms with E-state index in [9.17, 15) is 38.2 Å². The molecule has 212 valence electrons. The molecule has 0 bridgehead atoms. The number of hydrogen-bond donors (Lipinski definition) is 5. The smallest absolute Gasteiger partial charge is 0.309 e. The zero-order valence-electron chi connectivity index (χ0n) is 23.2. The number of carboxylic acid groups (broad SMARTS) is 1. The van der Waals surface area contributed by atoms with Crippen molar-refractivity contribution in [2.75, 3.05) is 0 Å². The Kier molecular flexibility index (Phi) is 5.75. The van der Waals surface area contributed by atoms with E-state index in [-0.39, 0.29) is 28.2 Å². The number of aromatic hydroxyl groups is 2. The number of carboxylic acids is 1. The highest BCUT2D eigenvalue weighted by Crippen LogP contribution is 2.76. The van der Waals surface area contributed by atoms with Gasteiger partial charge < -0.3 is 20.4 Å². The van der Waals surface area contributed by atoms with Crippen molar-refractivity contribution in [3.8, 4) is 11.5 Å². The molecule has 0 amide bonds. The maximum atomic E-state index is 12.9. The number of aliphatic hydroxyl groups is 1. The Hall–Kier alpha value is -1.84. The first-order chi connectivity index (χ1) is 17.3. The fraction of sp³-hybridized carbons (Fsp3) is 0.759. The van der Waals surface area contributed by atoms with E-state index in [1.165, 1.54) is 13.0 Å². The van der Waals surface area contributed by atoms with E-state index in [1.807, 2.05) is 13.8 Å². The predicted molar refractivity (Wildman–Crippen MR) is 142 cm³/mol. The van der Waals surface area contributed by atoms with Gasteiger partial charge in [-0.1, -0.05) is 27.7 Å². The Labute approximate surface area is 225 Å². The number of phenols is 2. The van der Waals surface area contributed by atoms with Crippen LogP contribution in [0.1, 0.15) is 102 Å². The molecular weight excluding hydrogens is 508 g/mol. The highest BCUT2D eigenvalue weighted by molar-refractivity contribution is 7.86. The summed E-state index contributed by atoms with van der Waals surface area (Å²) >= 11 is 0. The van der Waals surface area contributed by atoms with Crippen LogP contribution in [0, 0.1) is 40.4 Å². The highest BCUT2D eigenvalue weighted by Gasteiger charge is 2.71. The molecule has 4 aliphatic rings. The van der Waals surface area contributed by atoms with Crippen molar-refractivity contribution < 1.29 is 38.2 Å². The van der Waals surface area contributed by atoms with E-state index in [4.69, 9.17) is 0 Å². The summed E-state index contributed by atoms with van der Waals surface area (Å²) in [7, 11) is -4.79. The molecule has 1 aromatic rings. The van der Waals surface area contributed by atoms with Crippen LogP contribution in [0.25, 0.3) is 0 Å². The molecule has 9 heteroatoms. The fourth-order valence-electron chi connectivity index (χ4n) is 9.97. The van der Waals surface area contributed by atoms with Gasteiger partial charge in [-0.05, 0) is 109 Å². The standard InChI is InChI=1S/C29H42O8S/c1-15-19-16(13-17(30)20(15)31)27(4)10-12-28(5)18-14-26(3,24(33)34)8-7-25(18,2)9-11-29(28,6)23(27)21(32)22(19)38(35,36)37/h13,18,21-23,30-32H,7-12,14H2,1-6H3,(H,33,34)(H,35,36,37)/t18?,21?,22?,23?,25-,26-,27+,28+,29-/m1/s1. The second kappa shape index (κ2) is 7.88. The normalized spacial score (nSPS) is 46.3. The van der Waals surface area contributed by atoms with Crippen LogP contribution in [0.2, 0.25) is 0 Å². The quantitative estimate of drug-likeness (QED) is 0.252. The average molecular weight is 551 g/mol. The minimum absolute atomic E-state index is 0.0564. The van der Waals surface area contributed by atoms with E-state index < -0.39 is 60.8 Å². The van der Waals surface area contributed by atoms with Gasteiger partial charge in [-0.3, -0.25) is 9.35 Å². The van der Waals surface area contributed by atoms with Gasteiger partial charge in [-0.2, -0.15) is 8.42 Å². The number of rotatable bonds is 2. The molecule has 8 nitrogen and oxygen atoms in total. The Balaban J connectivity index is 1.74. The first-order valence-corrected chi connectivity index (χ1v) is 15.2. The summed E-state index contributed by atoms with van der Waals surface area (Å²) in [6, 6.07) is 1.41. The summed E-state index contributed by atoms with van der Waals surface area (Å²) in [6.45, 7) is 11.9. The Morgan fingerprint density at radius 2 is 1.53 bits per heavy atom. The number of aliphatic carboxylic acids is 1. The monoisotopic (exact) mass is 550 g/mol. The van der Waals surface area contributed by atoms with Crippen LogP contribution in [0.3, 0.4) is 0 Å². The molecule has 4 aliphatic carbocycles. The van der Waals surface area contributed by atoms with Crippen molar-refractivity contribution in [1.29, 1.82) is 0 Å². The molecule has 5 N–H and O–H groups in total. The third-order valence-electron chi connectivity index (χ3n) is 12.5. The second-order valence-corrected chi connectivity index (χ2v) is 15.8. The third kappa shape index (κ3) is 3.27. The molecule has 4 unspecified atom stereocenters. The number of aliphatic hydroxyl groups excluding tert-OH is 1. The summed E-state index contributed by atoms with van der Waals surface area (Å²) in [6.07, 6.45) is 3.40. The topological polar surface area (TPSA) is 152 Å². The lowest BCUT2D eigenvalue weighted by atomic mass is 9.32. The maximum absolute atomic E-state index is 12.9. The van der Waals surface area contributed by atoms with Crippen LogP contribution in [-0.4, -0.2) is 45.5 Å². The molecule has 9 atom stereocenters. The molecular formula is C29H42O8S. The van der Waals surface area contributed by atoms with E-state index >= 15 is 0 Å². The Morgan fingerprint density at radius 1 is 0.947 bits per heavy atom. The molecule has 3 saturated carbocycles. The van der Waals surface area contributed by atoms with Gasteiger partial charge in [0.1, 0.15) is 5.25 Å². The van der Waals surface area contributed by atoms with Gasteiger partial charge in [0.15, 0.2) is 11.5 Å². The van der Waals surface area contributed by atoms with Crippen molar-refractivity contribution in [3.05, 3.63) is 22.8 Å². The summed E-state index contributed by atoms with van der Waals surface area (Å²) < 4.78 is 36.1. The number of phenolic OH excluding ortho intramolecular Hbond substituents is 2. The minimum Gasteiger partial charge on any atom is -0.504 e. The minimum atomic E-state index is -4.79. The molecule has 0 radical (unpaired) electrons. The van der Waals surface area contributed by atoms with Crippen LogP contribution < -0.4 is 0 Å². The first kappa shape index (κ1) is 27.7. The summed E-state index contributed by atoms with van der Waals surface area (Å²) in [4.78, 5) is 12.3. The van der Waals surface area contributed by atoms with Gasteiger partial charge in [-0.15, -0.1) is 0 Å². The zero-order chi connectivity index (χ0) is 28.4. The summed E-state index contributed by atoms with van der Waals surface area (Å²) in [5.41, 5.74) is -1.77. The highest BCUT2D eigenvalue weighted by atomic mass is 32.2. The van der Waals surface area contributed by atoms with Gasteiger partial charge >= 0.3 is 5.97 Å². The molecule has 0 aromatic heterocycles. The Morgan fingerprint density at radius 3 is 2.11 bits per heavy atom. The van der Waals surface area contributed by atoms with Crippen LogP contribution in [0.4, 0.5) is 0 Å². The average Bonchev–Trinajstić information content (AvgIpc) is 2.80. The summed E-state index contributed by atoms with van der Waals surface area (Å²) in [5.74, 6) is -2.13. The molecule has 0 heterocycles. The molecule has 3 fully saturated rings. The maximum Gasteiger partial charge on any atom is 0.309 e. The lowest BCUT2D eigenvalue weighted by molar-refractivity contribution is -0.230. The van der Waals surface area contributed by atoms with E-state index in [2.05, 4.69) is 20.8 Å². The van der Waals surface area contributed by atoms with E-state index in [0.29, 0.717) is 24.8 Å². The Bertz CT molecular complexity index is 1320. The lowest BCUT2D eigenvalue weighted by Crippen LogP contribution is -2.68. The van der Waals surface area contributed by atoms with Crippen molar-refractivity contribution in [3.63, 3.8) is 0 Å². The van der Waals surface area contributed by atoms with Crippen molar-refractivity contribution in [1.82, 2.24) is 0 Å². The molecule has 1 aromatic carbocycles. The van der Waals surface area contributed by atoms with Crippen LogP contribution in [0.15, 0.2) is 6.07 Å². The van der Waals surface area contributed by atoms with Crippen molar-refractivity contribution in [2.45, 2.75) is 103 Å². The number of fused-ring (bicyclic) bond motifs is 7. The van der Waals surface area contributed by atoms with Crippen LogP contribution >= 0.6 is 0 Å². The van der Waals surface area contributed by atoms with Crippen molar-refractivity contribution in [2.24, 2.45) is 33.5 Å². The predicted octanol–water partition coefficient (Wildman–Crippen LogP) is 5.08. The largest absolute Gasteiger partial charge is 0.504 e. The fourth-order valence-corrected chi connectivity index (χ4v) is 11.1. The van der Waals surface area contributed by atoms with Gasteiger partial charge in [0.05, 0.1) is 11.5 Å². The first-order valence-electron chi connectivity index (χ1n) is 13.7. The van der Waals surface area contributed by atoms with Gasteiger partial charge in [-0.25, -0.2) is 0 Å². The number of hydrogen-bond acceptors (Lipinski definition) is 6. The molecule has 0 spiro atoms. The van der Waals surface area contributed by atoms with Crippen molar-refractivity contribution >= 4 is 16.1 Å². The molecule has 38 heavy (non-hydrogen) atoms. The van der Waals surface area contributed by atoms with E-state index in [1.54, 1.807) is 0 Å². The van der Waals surface area contributed by atoms with Gasteiger partial charge in [0, 0.05) is 5.92 Å². The lowest BCUT2D eigenvalue weighted by Gasteiger charge is -2.72. The van der Waals surface area contributed by atoms with E-state index in [0.717, 1.165) is 25.7 Å². The molecule has 0 aliphatic heterocycles. The second-order valence-electron chi connectivity index (χ2n) is 14.3. The zero-order valence-corrected chi connectivity index (χ0v) is 24.0. The van der Waals surface area contributed by atoms with Crippen LogP contribution in [-0.2, 0) is 20.3 Å². The number of carbonyl (C=O) groups is 1. The molecule has 0 saturated heterocycles. The third-order valence-corrected chi connectivity index (χ3v) is 13.7. The SMILES string of the molecule is Cc1c(O)c(O)cc2c1C(S(=O)(=O)O)C(O)C1[C@@]2(C)CC[C@@]2(C)C3C[C@](C)(C(=O)O)CC[C@]3(C)CC[C@]12C. The molecule has 5 rings (SSSR count).